The summed E-state index contributed by atoms with van der Waals surface area (Å²) in [6.07, 6.45) is 17.2. The van der Waals surface area contributed by atoms with Gasteiger partial charge >= 0.3 is 5.97 Å². The maximum atomic E-state index is 12.1. The van der Waals surface area contributed by atoms with Gasteiger partial charge in [0.25, 0.3) is 0 Å². The Kier molecular flexibility index (Phi) is 11.3. The molecule has 0 unspecified atom stereocenters. The Hall–Kier alpha value is -1.98. The third-order valence-electron chi connectivity index (χ3n) is 4.59. The van der Waals surface area contributed by atoms with Crippen LogP contribution >= 0.6 is 0 Å². The molecule has 5 nitrogen and oxygen atoms in total. The van der Waals surface area contributed by atoms with Crippen LogP contribution in [0, 0.1) is 11.8 Å². The number of allylic oxidation sites excluding steroid dienone is 5. The highest BCUT2D eigenvalue weighted by atomic mass is 16.4. The molecule has 0 spiro atoms. The Bertz CT molecular complexity index is 573. The van der Waals surface area contributed by atoms with Crippen LogP contribution < -0.4 is 0 Å². The summed E-state index contributed by atoms with van der Waals surface area (Å²) in [5.74, 6) is -1.28. The third kappa shape index (κ3) is 9.50. The van der Waals surface area contributed by atoms with E-state index in [2.05, 4.69) is 0 Å². The first-order valence-electron chi connectivity index (χ1n) is 9.69. The number of Topliss-reactive ketones (excluding diaryl/α,β-unsaturated/α-hetero) is 1. The smallest absolute Gasteiger partial charge is 0.303 e. The minimum Gasteiger partial charge on any atom is -0.481 e. The van der Waals surface area contributed by atoms with Crippen LogP contribution in [-0.4, -0.2) is 39.3 Å². The van der Waals surface area contributed by atoms with Crippen LogP contribution in [-0.2, 0) is 9.59 Å². The zero-order valence-electron chi connectivity index (χ0n) is 16.0. The van der Waals surface area contributed by atoms with Gasteiger partial charge in [0.05, 0.1) is 12.2 Å². The summed E-state index contributed by atoms with van der Waals surface area (Å²) in [4.78, 5) is 22.6. The summed E-state index contributed by atoms with van der Waals surface area (Å²) in [7, 11) is 0. The molecule has 1 aliphatic carbocycles. The van der Waals surface area contributed by atoms with Crippen molar-refractivity contribution >= 4 is 11.8 Å². The van der Waals surface area contributed by atoms with Gasteiger partial charge < -0.3 is 15.3 Å². The molecule has 1 saturated carbocycles. The van der Waals surface area contributed by atoms with Crippen molar-refractivity contribution < 1.29 is 24.9 Å². The van der Waals surface area contributed by atoms with Gasteiger partial charge in [-0.1, -0.05) is 55.5 Å². The second kappa shape index (κ2) is 13.2. The van der Waals surface area contributed by atoms with E-state index in [1.807, 2.05) is 43.4 Å². The first-order valence-corrected chi connectivity index (χ1v) is 9.69. The topological polar surface area (TPSA) is 94.8 Å². The number of aliphatic carboxylic acids is 1. The zero-order valence-corrected chi connectivity index (χ0v) is 16.0. The number of hydrogen-bond donors (Lipinski definition) is 3. The number of carboxylic acids is 1. The Morgan fingerprint density at radius 2 is 1.93 bits per heavy atom. The molecule has 0 amide bonds. The molecule has 0 aromatic rings. The van der Waals surface area contributed by atoms with Crippen molar-refractivity contribution in [3.05, 3.63) is 48.6 Å². The SMILES string of the molecule is CC/C=C\C[C@H](O)/C=C/[C@H]1[C@H](C/C=C\C/C=C\CCC(=O)O)C(=O)C[C@@H]1O. The summed E-state index contributed by atoms with van der Waals surface area (Å²) < 4.78 is 0. The number of carbonyl (C=O) groups is 2. The molecule has 0 aromatic carbocycles. The lowest BCUT2D eigenvalue weighted by Crippen LogP contribution is -2.18. The van der Waals surface area contributed by atoms with E-state index in [0.29, 0.717) is 25.7 Å². The van der Waals surface area contributed by atoms with E-state index in [1.54, 1.807) is 12.2 Å². The van der Waals surface area contributed by atoms with Gasteiger partial charge in [0.1, 0.15) is 5.78 Å². The zero-order chi connectivity index (χ0) is 20.1. The third-order valence-corrected chi connectivity index (χ3v) is 4.59. The Balaban J connectivity index is 2.48. The van der Waals surface area contributed by atoms with Crippen LogP contribution in [0.3, 0.4) is 0 Å². The van der Waals surface area contributed by atoms with Gasteiger partial charge in [0, 0.05) is 24.7 Å². The van der Waals surface area contributed by atoms with E-state index in [-0.39, 0.29) is 30.5 Å². The summed E-state index contributed by atoms with van der Waals surface area (Å²) in [5.41, 5.74) is 0. The molecule has 27 heavy (non-hydrogen) atoms. The molecule has 1 rings (SSSR count). The molecule has 3 N–H and O–H groups in total. The molecule has 0 aliphatic heterocycles. The van der Waals surface area contributed by atoms with Gasteiger partial charge in [-0.2, -0.15) is 0 Å². The Labute approximate surface area is 161 Å². The normalized spacial score (nSPS) is 24.9. The van der Waals surface area contributed by atoms with Gasteiger partial charge in [-0.05, 0) is 32.1 Å². The van der Waals surface area contributed by atoms with Crippen molar-refractivity contribution in [2.75, 3.05) is 0 Å². The lowest BCUT2D eigenvalue weighted by atomic mass is 9.90. The maximum Gasteiger partial charge on any atom is 0.303 e. The van der Waals surface area contributed by atoms with Crippen molar-refractivity contribution in [2.45, 2.75) is 64.1 Å². The fraction of sp³-hybridized carbons (Fsp3) is 0.545. The largest absolute Gasteiger partial charge is 0.481 e. The van der Waals surface area contributed by atoms with E-state index in [0.717, 1.165) is 6.42 Å². The van der Waals surface area contributed by atoms with Gasteiger partial charge in [-0.25, -0.2) is 0 Å². The van der Waals surface area contributed by atoms with Gasteiger partial charge in [-0.3, -0.25) is 9.59 Å². The van der Waals surface area contributed by atoms with E-state index < -0.39 is 18.2 Å². The number of aliphatic hydroxyl groups excluding tert-OH is 2. The molecule has 1 aliphatic rings. The second-order valence-electron chi connectivity index (χ2n) is 6.84. The lowest BCUT2D eigenvalue weighted by molar-refractivity contribution is -0.136. The standard InChI is InChI=1S/C22H32O5/c1-2-3-8-11-17(23)14-15-19-18(20(24)16-21(19)25)12-9-6-4-5-7-10-13-22(26)27/h3,5-9,14-15,17-19,21,23,25H,2,4,10-13,16H2,1H3,(H,26,27)/b7-5-,8-3-,9-6-,15-14+/t17-,18-,19-,21-/m0/s1. The predicted octanol–water partition coefficient (Wildman–Crippen LogP) is 3.58. The first-order chi connectivity index (χ1) is 13.0. The number of rotatable bonds is 12. The van der Waals surface area contributed by atoms with E-state index in [1.165, 1.54) is 0 Å². The number of ketones is 1. The molecule has 0 saturated heterocycles. The minimum absolute atomic E-state index is 0.0548. The highest BCUT2D eigenvalue weighted by Gasteiger charge is 2.39. The molecule has 150 valence electrons. The molecule has 0 radical (unpaired) electrons. The minimum atomic E-state index is -0.806. The molecule has 4 atom stereocenters. The number of aliphatic hydroxyl groups is 2. The molecule has 0 bridgehead atoms. The second-order valence-corrected chi connectivity index (χ2v) is 6.84. The number of carboxylic acid groups (broad SMARTS) is 1. The summed E-state index contributed by atoms with van der Waals surface area (Å²) in [6.45, 7) is 2.03. The van der Waals surface area contributed by atoms with Crippen molar-refractivity contribution in [1.29, 1.82) is 0 Å². The fourth-order valence-electron chi connectivity index (χ4n) is 3.10. The van der Waals surface area contributed by atoms with Crippen molar-refractivity contribution in [3.8, 4) is 0 Å². The number of carbonyl (C=O) groups excluding carboxylic acids is 1. The molecule has 5 heteroatoms. The van der Waals surface area contributed by atoms with Crippen LogP contribution in [0.2, 0.25) is 0 Å². The first kappa shape index (κ1) is 23.1. The van der Waals surface area contributed by atoms with Gasteiger partial charge in [0.2, 0.25) is 0 Å². The van der Waals surface area contributed by atoms with Crippen molar-refractivity contribution in [2.24, 2.45) is 11.8 Å². The van der Waals surface area contributed by atoms with Crippen molar-refractivity contribution in [1.82, 2.24) is 0 Å². The van der Waals surface area contributed by atoms with Gasteiger partial charge in [0.15, 0.2) is 0 Å². The fourth-order valence-corrected chi connectivity index (χ4v) is 3.10. The monoisotopic (exact) mass is 376 g/mol. The van der Waals surface area contributed by atoms with E-state index in [4.69, 9.17) is 5.11 Å². The average molecular weight is 376 g/mol. The van der Waals surface area contributed by atoms with E-state index in [9.17, 15) is 19.8 Å². The van der Waals surface area contributed by atoms with Gasteiger partial charge in [-0.15, -0.1) is 0 Å². The lowest BCUT2D eigenvalue weighted by Gasteiger charge is -2.16. The maximum absolute atomic E-state index is 12.1. The molecule has 0 heterocycles. The predicted molar refractivity (Wildman–Crippen MR) is 106 cm³/mol. The highest BCUT2D eigenvalue weighted by molar-refractivity contribution is 5.84. The molecular weight excluding hydrogens is 344 g/mol. The van der Waals surface area contributed by atoms with Crippen LogP contribution in [0.25, 0.3) is 0 Å². The average Bonchev–Trinajstić information content (AvgIpc) is 2.88. The number of hydrogen-bond acceptors (Lipinski definition) is 4. The molecule has 0 aromatic heterocycles. The molecule has 1 fully saturated rings. The quantitative estimate of drug-likeness (QED) is 0.453. The highest BCUT2D eigenvalue weighted by Crippen LogP contribution is 2.33. The summed E-state index contributed by atoms with van der Waals surface area (Å²) in [5, 5.41) is 28.7. The van der Waals surface area contributed by atoms with Crippen molar-refractivity contribution in [3.63, 3.8) is 0 Å². The summed E-state index contributed by atoms with van der Waals surface area (Å²) in [6, 6.07) is 0. The van der Waals surface area contributed by atoms with Crippen LogP contribution in [0.15, 0.2) is 48.6 Å². The molecular formula is C22H32O5. The summed E-state index contributed by atoms with van der Waals surface area (Å²) >= 11 is 0. The van der Waals surface area contributed by atoms with Crippen LogP contribution in [0.1, 0.15) is 51.9 Å². The van der Waals surface area contributed by atoms with E-state index >= 15 is 0 Å². The Morgan fingerprint density at radius 3 is 2.63 bits per heavy atom. The van der Waals surface area contributed by atoms with Crippen LogP contribution in [0.4, 0.5) is 0 Å². The Morgan fingerprint density at radius 1 is 1.19 bits per heavy atom. The van der Waals surface area contributed by atoms with Crippen LogP contribution in [0.5, 0.6) is 0 Å².